The number of fused-ring (bicyclic) bond motifs is 1. The highest BCUT2D eigenvalue weighted by Crippen LogP contribution is 2.36. The molecule has 1 N–H and O–H groups in total. The van der Waals surface area contributed by atoms with Crippen molar-refractivity contribution in [2.75, 3.05) is 12.1 Å². The minimum atomic E-state index is -0.487. The van der Waals surface area contributed by atoms with E-state index in [0.29, 0.717) is 28.8 Å². The maximum Gasteiger partial charge on any atom is 0.231 e. The topological polar surface area (TPSA) is 73.6 Å². The normalized spacial score (nSPS) is 12.2. The summed E-state index contributed by atoms with van der Waals surface area (Å²) in [5.74, 6) is 1.34. The molecular formula is C19H15FN2O4. The van der Waals surface area contributed by atoms with E-state index in [9.17, 15) is 9.18 Å². The smallest absolute Gasteiger partial charge is 0.231 e. The second-order valence-electron chi connectivity index (χ2n) is 5.79. The molecule has 1 aliphatic heterocycles. The largest absolute Gasteiger partial charge is 0.454 e. The number of oxazole rings is 1. The first-order valence-corrected chi connectivity index (χ1v) is 8.01. The van der Waals surface area contributed by atoms with E-state index in [1.165, 1.54) is 12.1 Å². The van der Waals surface area contributed by atoms with Gasteiger partial charge in [-0.15, -0.1) is 0 Å². The summed E-state index contributed by atoms with van der Waals surface area (Å²) in [4.78, 5) is 16.6. The number of halogens is 1. The second kappa shape index (κ2) is 6.51. The zero-order valence-corrected chi connectivity index (χ0v) is 13.9. The van der Waals surface area contributed by atoms with Gasteiger partial charge in [-0.25, -0.2) is 9.37 Å². The van der Waals surface area contributed by atoms with E-state index in [4.69, 9.17) is 13.9 Å². The van der Waals surface area contributed by atoms with Crippen LogP contribution in [0.1, 0.15) is 11.5 Å². The zero-order valence-electron chi connectivity index (χ0n) is 13.9. The number of nitrogens with zero attached hydrogens (tertiary/aromatic N) is 1. The molecule has 132 valence electrons. The number of rotatable bonds is 4. The first-order valence-electron chi connectivity index (χ1n) is 8.01. The fourth-order valence-corrected chi connectivity index (χ4v) is 2.65. The minimum Gasteiger partial charge on any atom is -0.454 e. The number of carbonyl (C=O) groups excluding carboxylic acids is 1. The third kappa shape index (κ3) is 3.11. The molecule has 0 fully saturated rings. The molecule has 0 bridgehead atoms. The van der Waals surface area contributed by atoms with E-state index in [-0.39, 0.29) is 24.8 Å². The fourth-order valence-electron chi connectivity index (χ4n) is 2.65. The Balaban J connectivity index is 1.52. The van der Waals surface area contributed by atoms with Gasteiger partial charge in [-0.3, -0.25) is 4.79 Å². The van der Waals surface area contributed by atoms with Gasteiger partial charge in [-0.1, -0.05) is 12.1 Å². The Kier molecular flexibility index (Phi) is 4.04. The number of nitrogens with one attached hydrogen (secondary N) is 1. The Labute approximate surface area is 148 Å². The van der Waals surface area contributed by atoms with E-state index < -0.39 is 5.82 Å². The molecule has 7 heteroatoms. The molecule has 0 radical (unpaired) electrons. The molecule has 2 aromatic carbocycles. The Morgan fingerprint density at radius 2 is 2.00 bits per heavy atom. The number of aryl methyl sites for hydroxylation is 1. The van der Waals surface area contributed by atoms with Gasteiger partial charge in [0.1, 0.15) is 11.6 Å². The Hall–Kier alpha value is -3.35. The number of hydrogen-bond donors (Lipinski definition) is 1. The standard InChI is InChI=1S/C19H15FN2O4/c1-11-15(9-18(23)21-14-5-3-2-4-13(14)20)22-19(26-11)12-6-7-16-17(8-12)25-10-24-16/h2-8H,9-10H2,1H3,(H,21,23). The molecule has 26 heavy (non-hydrogen) atoms. The highest BCUT2D eigenvalue weighted by atomic mass is 19.1. The van der Waals surface area contributed by atoms with Gasteiger partial charge in [0, 0.05) is 5.56 Å². The SMILES string of the molecule is Cc1oc(-c2ccc3c(c2)OCO3)nc1CC(=O)Nc1ccccc1F. The Bertz CT molecular complexity index is 983. The van der Waals surface area contributed by atoms with Gasteiger partial charge < -0.3 is 19.2 Å². The average molecular weight is 354 g/mol. The van der Waals surface area contributed by atoms with E-state index in [1.54, 1.807) is 31.2 Å². The highest BCUT2D eigenvalue weighted by molar-refractivity contribution is 5.92. The van der Waals surface area contributed by atoms with Crippen molar-refractivity contribution in [3.8, 4) is 23.0 Å². The van der Waals surface area contributed by atoms with Crippen LogP contribution in [0.3, 0.4) is 0 Å². The summed E-state index contributed by atoms with van der Waals surface area (Å²) in [6.07, 6.45) is -0.0196. The van der Waals surface area contributed by atoms with Crippen molar-refractivity contribution in [1.82, 2.24) is 4.98 Å². The Morgan fingerprint density at radius 3 is 2.85 bits per heavy atom. The fraction of sp³-hybridized carbons (Fsp3) is 0.158. The second-order valence-corrected chi connectivity index (χ2v) is 5.79. The van der Waals surface area contributed by atoms with E-state index in [1.807, 2.05) is 6.07 Å². The van der Waals surface area contributed by atoms with Crippen LogP contribution >= 0.6 is 0 Å². The van der Waals surface area contributed by atoms with Gasteiger partial charge >= 0.3 is 0 Å². The molecule has 0 saturated heterocycles. The Morgan fingerprint density at radius 1 is 1.19 bits per heavy atom. The summed E-state index contributed by atoms with van der Waals surface area (Å²) < 4.78 is 29.9. The maximum absolute atomic E-state index is 13.6. The summed E-state index contributed by atoms with van der Waals surface area (Å²) >= 11 is 0. The lowest BCUT2D eigenvalue weighted by Gasteiger charge is -2.04. The average Bonchev–Trinajstić information content (AvgIpc) is 3.23. The molecule has 1 aliphatic rings. The molecule has 0 atom stereocenters. The van der Waals surface area contributed by atoms with Gasteiger partial charge in [0.2, 0.25) is 18.6 Å². The summed E-state index contributed by atoms with van der Waals surface area (Å²) in [7, 11) is 0. The van der Waals surface area contributed by atoms with Gasteiger partial charge in [-0.05, 0) is 37.3 Å². The van der Waals surface area contributed by atoms with Crippen LogP contribution in [0.5, 0.6) is 11.5 Å². The molecule has 0 saturated carbocycles. The van der Waals surface area contributed by atoms with Gasteiger partial charge in [-0.2, -0.15) is 0 Å². The van der Waals surface area contributed by atoms with Crippen LogP contribution in [0.2, 0.25) is 0 Å². The lowest BCUT2D eigenvalue weighted by Crippen LogP contribution is -2.16. The van der Waals surface area contributed by atoms with Crippen molar-refractivity contribution in [2.24, 2.45) is 0 Å². The predicted octanol–water partition coefficient (Wildman–Crippen LogP) is 3.70. The third-order valence-electron chi connectivity index (χ3n) is 3.99. The summed E-state index contributed by atoms with van der Waals surface area (Å²) in [5, 5.41) is 2.54. The van der Waals surface area contributed by atoms with E-state index in [0.717, 1.165) is 5.56 Å². The van der Waals surface area contributed by atoms with E-state index >= 15 is 0 Å². The van der Waals surface area contributed by atoms with Crippen molar-refractivity contribution < 1.29 is 23.1 Å². The van der Waals surface area contributed by atoms with E-state index in [2.05, 4.69) is 10.3 Å². The minimum absolute atomic E-state index is 0.0196. The van der Waals surface area contributed by atoms with Crippen LogP contribution in [0, 0.1) is 12.7 Å². The molecule has 1 amide bonds. The number of aromatic nitrogens is 1. The van der Waals surface area contributed by atoms with Crippen LogP contribution in [0.15, 0.2) is 46.9 Å². The molecule has 2 heterocycles. The molecule has 1 aromatic heterocycles. The number of anilines is 1. The highest BCUT2D eigenvalue weighted by Gasteiger charge is 2.19. The monoisotopic (exact) mass is 354 g/mol. The van der Waals surface area contributed by atoms with Crippen molar-refractivity contribution in [3.05, 3.63) is 59.7 Å². The molecule has 6 nitrogen and oxygen atoms in total. The lowest BCUT2D eigenvalue weighted by molar-refractivity contribution is -0.115. The van der Waals surface area contributed by atoms with Crippen molar-refractivity contribution in [1.29, 1.82) is 0 Å². The molecule has 3 aromatic rings. The molecule has 0 aliphatic carbocycles. The predicted molar refractivity (Wildman–Crippen MR) is 91.5 cm³/mol. The van der Waals surface area contributed by atoms with Crippen molar-refractivity contribution >= 4 is 11.6 Å². The number of carbonyl (C=O) groups is 1. The van der Waals surface area contributed by atoms with Gasteiger partial charge in [0.25, 0.3) is 0 Å². The maximum atomic E-state index is 13.6. The first-order chi connectivity index (χ1) is 12.6. The summed E-state index contributed by atoms with van der Waals surface area (Å²) in [5.41, 5.74) is 1.35. The van der Waals surface area contributed by atoms with Crippen molar-refractivity contribution in [3.63, 3.8) is 0 Å². The molecular weight excluding hydrogens is 339 g/mol. The number of amides is 1. The number of benzene rings is 2. The number of para-hydroxylation sites is 1. The first kappa shape index (κ1) is 16.1. The quantitative estimate of drug-likeness (QED) is 0.773. The number of ether oxygens (including phenoxy) is 2. The molecule has 0 unspecified atom stereocenters. The van der Waals surface area contributed by atoms with Crippen molar-refractivity contribution in [2.45, 2.75) is 13.3 Å². The van der Waals surface area contributed by atoms with Crippen LogP contribution < -0.4 is 14.8 Å². The zero-order chi connectivity index (χ0) is 18.1. The van der Waals surface area contributed by atoms with Crippen LogP contribution in [-0.2, 0) is 11.2 Å². The molecule has 4 rings (SSSR count). The lowest BCUT2D eigenvalue weighted by atomic mass is 10.2. The summed E-state index contributed by atoms with van der Waals surface area (Å²) in [6.45, 7) is 1.92. The van der Waals surface area contributed by atoms with Crippen LogP contribution in [-0.4, -0.2) is 17.7 Å². The van der Waals surface area contributed by atoms with Crippen LogP contribution in [0.4, 0.5) is 10.1 Å². The molecule has 0 spiro atoms. The van der Waals surface area contributed by atoms with Gasteiger partial charge in [0.15, 0.2) is 11.5 Å². The van der Waals surface area contributed by atoms with Crippen LogP contribution in [0.25, 0.3) is 11.5 Å². The van der Waals surface area contributed by atoms with Gasteiger partial charge in [0.05, 0.1) is 17.8 Å². The summed E-state index contributed by atoms with van der Waals surface area (Å²) in [6, 6.07) is 11.4. The number of hydrogen-bond acceptors (Lipinski definition) is 5. The third-order valence-corrected chi connectivity index (χ3v) is 3.99.